The molecule has 1 aliphatic rings. The number of benzene rings is 1. The average Bonchev–Trinajstić information content (AvgIpc) is 3.33. The van der Waals surface area contributed by atoms with Crippen LogP contribution in [0.15, 0.2) is 45.2 Å². The molecule has 4 rings (SSSR count). The van der Waals surface area contributed by atoms with Gasteiger partial charge >= 0.3 is 5.69 Å². The molecule has 2 aromatic heterocycles. The quantitative estimate of drug-likeness (QED) is 0.685. The normalized spacial score (nSPS) is 16.3. The minimum Gasteiger partial charge on any atom is -0.494 e. The van der Waals surface area contributed by atoms with Crippen molar-refractivity contribution in [2.75, 3.05) is 0 Å². The molecule has 156 valence electrons. The van der Waals surface area contributed by atoms with E-state index < -0.39 is 23.2 Å². The summed E-state index contributed by atoms with van der Waals surface area (Å²) in [6.45, 7) is 4.56. The summed E-state index contributed by atoms with van der Waals surface area (Å²) in [7, 11) is 1.36. The molecule has 1 unspecified atom stereocenters. The third kappa shape index (κ3) is 2.94. The first kappa shape index (κ1) is 19.7. The lowest BCUT2D eigenvalue weighted by molar-refractivity contribution is -0.132. The van der Waals surface area contributed by atoms with Crippen LogP contribution in [0.25, 0.3) is 10.9 Å². The lowest BCUT2D eigenvalue weighted by Gasteiger charge is -2.21. The van der Waals surface area contributed by atoms with Gasteiger partial charge in [-0.2, -0.15) is 5.10 Å². The van der Waals surface area contributed by atoms with Gasteiger partial charge in [-0.1, -0.05) is 25.1 Å². The number of carbonyl (C=O) groups is 1. The number of nitrogens with zero attached hydrogens (tertiary/aromatic N) is 4. The van der Waals surface area contributed by atoms with Crippen LogP contribution >= 0.6 is 0 Å². The van der Waals surface area contributed by atoms with Crippen LogP contribution in [-0.4, -0.2) is 35.9 Å². The van der Waals surface area contributed by atoms with E-state index in [1.165, 1.54) is 12.1 Å². The molecule has 2 N–H and O–H groups in total. The topological polar surface area (TPSA) is 113 Å². The van der Waals surface area contributed by atoms with Crippen molar-refractivity contribution in [3.05, 3.63) is 62.4 Å². The number of fused-ring (bicyclic) bond motifs is 1. The zero-order valence-corrected chi connectivity index (χ0v) is 17.0. The fourth-order valence-corrected chi connectivity index (χ4v) is 3.97. The molecular formula is C21H23N5O4. The van der Waals surface area contributed by atoms with Gasteiger partial charge in [0.2, 0.25) is 11.8 Å². The van der Waals surface area contributed by atoms with E-state index in [9.17, 15) is 19.5 Å². The van der Waals surface area contributed by atoms with Crippen LogP contribution in [0.3, 0.4) is 0 Å². The number of hydrazone groups is 1. The highest BCUT2D eigenvalue weighted by molar-refractivity contribution is 6.05. The van der Waals surface area contributed by atoms with Crippen LogP contribution in [0.5, 0.6) is 5.88 Å². The van der Waals surface area contributed by atoms with E-state index in [0.29, 0.717) is 0 Å². The number of para-hydroxylation sites is 1. The number of aromatic nitrogens is 3. The molecular weight excluding hydrogens is 386 g/mol. The summed E-state index contributed by atoms with van der Waals surface area (Å²) in [6.07, 6.45) is 2.50. The first-order valence-corrected chi connectivity index (χ1v) is 9.87. The number of hydrogen-bond acceptors (Lipinski definition) is 5. The molecule has 1 amide bonds. The second-order valence-corrected chi connectivity index (χ2v) is 7.26. The summed E-state index contributed by atoms with van der Waals surface area (Å²) in [4.78, 5) is 39.1. The van der Waals surface area contributed by atoms with Gasteiger partial charge in [0.15, 0.2) is 0 Å². The van der Waals surface area contributed by atoms with E-state index in [0.717, 1.165) is 27.6 Å². The van der Waals surface area contributed by atoms with Crippen molar-refractivity contribution in [3.8, 4) is 5.88 Å². The van der Waals surface area contributed by atoms with Gasteiger partial charge in [0.25, 0.3) is 5.56 Å². The maximum Gasteiger partial charge on any atom is 0.330 e. The molecule has 3 aromatic rings. The molecule has 1 aromatic carbocycles. The van der Waals surface area contributed by atoms with E-state index in [1.807, 2.05) is 37.4 Å². The first-order valence-electron chi connectivity index (χ1n) is 9.87. The van der Waals surface area contributed by atoms with Gasteiger partial charge in [-0.3, -0.25) is 19.1 Å². The van der Waals surface area contributed by atoms with E-state index >= 15 is 0 Å². The van der Waals surface area contributed by atoms with Crippen LogP contribution in [0.4, 0.5) is 0 Å². The molecule has 0 bridgehead atoms. The molecule has 0 saturated heterocycles. The Bertz CT molecular complexity index is 1300. The number of hydrogen-bond donors (Lipinski definition) is 2. The summed E-state index contributed by atoms with van der Waals surface area (Å²) < 4.78 is 3.05. The number of rotatable bonds is 4. The van der Waals surface area contributed by atoms with Crippen LogP contribution in [0.1, 0.15) is 43.9 Å². The SMILES string of the molecule is CCC(=O)N1N=C(c2c(O)n(C)c(=O)[nH]c2=O)CC1c1cn(CC)c2ccccc12. The molecule has 9 nitrogen and oxygen atoms in total. The van der Waals surface area contributed by atoms with Gasteiger partial charge in [0.1, 0.15) is 5.56 Å². The summed E-state index contributed by atoms with van der Waals surface area (Å²) in [5, 5.41) is 17.2. The number of aromatic amines is 1. The molecule has 0 spiro atoms. The predicted octanol–water partition coefficient (Wildman–Crippen LogP) is 1.84. The minimum atomic E-state index is -0.727. The highest BCUT2D eigenvalue weighted by atomic mass is 16.3. The lowest BCUT2D eigenvalue weighted by atomic mass is 9.98. The monoisotopic (exact) mass is 409 g/mol. The van der Waals surface area contributed by atoms with Crippen LogP contribution < -0.4 is 11.2 Å². The van der Waals surface area contributed by atoms with E-state index in [4.69, 9.17) is 0 Å². The number of aromatic hydroxyl groups is 1. The van der Waals surface area contributed by atoms with Crippen molar-refractivity contribution in [3.63, 3.8) is 0 Å². The number of amides is 1. The van der Waals surface area contributed by atoms with Gasteiger partial charge in [0, 0.05) is 49.1 Å². The Morgan fingerprint density at radius 2 is 2.00 bits per heavy atom. The first-order chi connectivity index (χ1) is 14.4. The molecule has 0 aliphatic carbocycles. The van der Waals surface area contributed by atoms with Crippen LogP contribution in [0, 0.1) is 0 Å². The summed E-state index contributed by atoms with van der Waals surface area (Å²) >= 11 is 0. The molecule has 3 heterocycles. The summed E-state index contributed by atoms with van der Waals surface area (Å²) in [5.41, 5.74) is 0.708. The molecule has 1 aliphatic heterocycles. The summed E-state index contributed by atoms with van der Waals surface area (Å²) in [6, 6.07) is 7.51. The van der Waals surface area contributed by atoms with Crippen molar-refractivity contribution >= 4 is 22.5 Å². The van der Waals surface area contributed by atoms with E-state index in [1.54, 1.807) is 6.92 Å². The van der Waals surface area contributed by atoms with Crippen molar-refractivity contribution in [1.82, 2.24) is 19.1 Å². The van der Waals surface area contributed by atoms with Gasteiger partial charge in [-0.25, -0.2) is 9.80 Å². The number of H-pyrrole nitrogens is 1. The maximum absolute atomic E-state index is 12.7. The Hall–Kier alpha value is -3.62. The average molecular weight is 409 g/mol. The predicted molar refractivity (Wildman–Crippen MR) is 113 cm³/mol. The zero-order chi connectivity index (χ0) is 21.6. The van der Waals surface area contributed by atoms with Crippen LogP contribution in [0.2, 0.25) is 0 Å². The number of nitrogens with one attached hydrogen (secondary N) is 1. The molecule has 30 heavy (non-hydrogen) atoms. The molecule has 0 saturated carbocycles. The third-order valence-electron chi connectivity index (χ3n) is 5.57. The number of carbonyl (C=O) groups excluding carboxylic acids is 1. The molecule has 0 fully saturated rings. The fourth-order valence-electron chi connectivity index (χ4n) is 3.97. The van der Waals surface area contributed by atoms with Crippen molar-refractivity contribution in [1.29, 1.82) is 0 Å². The van der Waals surface area contributed by atoms with Crippen molar-refractivity contribution in [2.45, 2.75) is 39.3 Å². The second-order valence-electron chi connectivity index (χ2n) is 7.26. The Kier molecular flexibility index (Phi) is 4.81. The highest BCUT2D eigenvalue weighted by Gasteiger charge is 2.36. The van der Waals surface area contributed by atoms with Gasteiger partial charge in [-0.05, 0) is 13.0 Å². The Morgan fingerprint density at radius 3 is 2.70 bits per heavy atom. The number of aryl methyl sites for hydroxylation is 1. The third-order valence-corrected chi connectivity index (χ3v) is 5.57. The van der Waals surface area contributed by atoms with Gasteiger partial charge in [0.05, 0.1) is 11.8 Å². The molecule has 0 radical (unpaired) electrons. The lowest BCUT2D eigenvalue weighted by Crippen LogP contribution is -2.32. The largest absolute Gasteiger partial charge is 0.494 e. The summed E-state index contributed by atoms with van der Waals surface area (Å²) in [5.74, 6) is -0.660. The van der Waals surface area contributed by atoms with Gasteiger partial charge < -0.3 is 9.67 Å². The highest BCUT2D eigenvalue weighted by Crippen LogP contribution is 2.38. The smallest absolute Gasteiger partial charge is 0.330 e. The Labute approximate surface area is 171 Å². The van der Waals surface area contributed by atoms with Crippen LogP contribution in [-0.2, 0) is 18.4 Å². The van der Waals surface area contributed by atoms with E-state index in [2.05, 4.69) is 14.7 Å². The zero-order valence-electron chi connectivity index (χ0n) is 17.0. The van der Waals surface area contributed by atoms with Gasteiger partial charge in [-0.15, -0.1) is 0 Å². The molecule has 9 heteroatoms. The van der Waals surface area contributed by atoms with E-state index in [-0.39, 0.29) is 30.0 Å². The maximum atomic E-state index is 12.7. The Balaban J connectivity index is 1.87. The minimum absolute atomic E-state index is 0.0901. The fraction of sp³-hybridized carbons (Fsp3) is 0.333. The van der Waals surface area contributed by atoms with Crippen molar-refractivity contribution in [2.24, 2.45) is 12.1 Å². The van der Waals surface area contributed by atoms with Crippen molar-refractivity contribution < 1.29 is 9.90 Å². The Morgan fingerprint density at radius 1 is 1.27 bits per heavy atom. The molecule has 1 atom stereocenters. The second kappa shape index (κ2) is 7.33. The standard InChI is InChI=1S/C21H23N5O4/c1-4-17(27)26-16(13-11-25(5-2)15-9-7-6-8-12(13)15)10-14(23-26)18-19(28)22-21(30)24(3)20(18)29/h6-9,11,16,29H,4-5,10H2,1-3H3,(H,22,28,30).